The molecule has 1 amide bonds. The number of hydrogen-bond donors (Lipinski definition) is 2. The number of nitrogens with zero attached hydrogens (tertiary/aromatic N) is 5. The summed E-state index contributed by atoms with van der Waals surface area (Å²) in [7, 11) is 3.85. The molecule has 0 radical (unpaired) electrons. The first-order valence-electron chi connectivity index (χ1n) is 14.5. The molecule has 8 nitrogen and oxygen atoms in total. The van der Waals surface area contributed by atoms with Crippen molar-refractivity contribution in [1.82, 2.24) is 19.8 Å². The summed E-state index contributed by atoms with van der Waals surface area (Å²) in [6.45, 7) is 4.07. The maximum absolute atomic E-state index is 13.9. The Hall–Kier alpha value is -4.89. The number of carbonyl (C=O) groups is 1. The van der Waals surface area contributed by atoms with E-state index >= 15 is 0 Å². The van der Waals surface area contributed by atoms with Gasteiger partial charge in [0.1, 0.15) is 0 Å². The van der Waals surface area contributed by atoms with Crippen LogP contribution in [0.4, 0.5) is 24.5 Å². The number of anilines is 2. The fourth-order valence-electron chi connectivity index (χ4n) is 5.01. The van der Waals surface area contributed by atoms with Crippen molar-refractivity contribution in [2.75, 3.05) is 30.9 Å². The number of hydrogen-bond acceptors (Lipinski definition) is 5. The van der Waals surface area contributed by atoms with Crippen molar-refractivity contribution in [1.29, 1.82) is 5.26 Å². The monoisotopic (exact) mass is 647 g/mol. The van der Waals surface area contributed by atoms with E-state index < -0.39 is 17.3 Å². The molecule has 0 unspecified atom stereocenters. The van der Waals surface area contributed by atoms with E-state index in [0.29, 0.717) is 23.5 Å². The van der Waals surface area contributed by atoms with Crippen LogP contribution in [0, 0.1) is 11.3 Å². The molecule has 240 valence electrons. The fraction of sp³-hybridized carbons (Fsp3) is 0.294. The summed E-state index contributed by atoms with van der Waals surface area (Å²) in [5, 5.41) is 15.4. The minimum absolute atomic E-state index is 0.0392. The first kappa shape index (κ1) is 34.0. The van der Waals surface area contributed by atoms with Gasteiger partial charge in [0.25, 0.3) is 0 Å². The minimum Gasteiger partial charge on any atom is -0.378 e. The van der Waals surface area contributed by atoms with Gasteiger partial charge in [-0.3, -0.25) is 4.79 Å². The largest absolute Gasteiger partial charge is 0.416 e. The summed E-state index contributed by atoms with van der Waals surface area (Å²) in [5.74, 6) is -0.277. The van der Waals surface area contributed by atoms with Gasteiger partial charge in [-0.25, -0.2) is 4.98 Å². The third-order valence-corrected chi connectivity index (χ3v) is 7.61. The molecule has 0 spiro atoms. The Morgan fingerprint density at radius 3 is 2.33 bits per heavy atom. The zero-order chi connectivity index (χ0) is 33.5. The molecule has 2 N–H and O–H groups in total. The molecule has 4 aromatic rings. The number of imidazole rings is 1. The van der Waals surface area contributed by atoms with Crippen molar-refractivity contribution in [3.8, 4) is 6.07 Å². The van der Waals surface area contributed by atoms with Crippen LogP contribution in [0.1, 0.15) is 41.8 Å². The number of nitrogens with one attached hydrogen (secondary N) is 2. The van der Waals surface area contributed by atoms with Crippen molar-refractivity contribution >= 4 is 34.6 Å². The summed E-state index contributed by atoms with van der Waals surface area (Å²) in [5.41, 5.74) is 2.30. The number of nitriles is 1. The zero-order valence-corrected chi connectivity index (χ0v) is 26.9. The average Bonchev–Trinajstić information content (AvgIpc) is 3.42. The van der Waals surface area contributed by atoms with Crippen LogP contribution in [0.3, 0.4) is 0 Å². The molecule has 0 atom stereocenters. The van der Waals surface area contributed by atoms with Crippen molar-refractivity contribution in [2.24, 2.45) is 0 Å². The van der Waals surface area contributed by atoms with Crippen molar-refractivity contribution < 1.29 is 18.0 Å². The number of carbonyl (C=O) groups excluding carboxylic acids is 1. The molecule has 46 heavy (non-hydrogen) atoms. The van der Waals surface area contributed by atoms with E-state index in [4.69, 9.17) is 17.5 Å². The maximum atomic E-state index is 13.9. The summed E-state index contributed by atoms with van der Waals surface area (Å²) in [6.07, 6.45) is -1.24. The van der Waals surface area contributed by atoms with Gasteiger partial charge in [0, 0.05) is 57.0 Å². The lowest BCUT2D eigenvalue weighted by molar-refractivity contribution is -0.138. The minimum atomic E-state index is -4.54. The Balaban J connectivity index is 1.50. The van der Waals surface area contributed by atoms with E-state index in [1.807, 2.05) is 60.0 Å². The number of aromatic nitrogens is 2. The van der Waals surface area contributed by atoms with Gasteiger partial charge in [0.15, 0.2) is 5.11 Å². The molecular formula is C34H36F3N7OS. The van der Waals surface area contributed by atoms with Crippen LogP contribution in [0.25, 0.3) is 0 Å². The number of thiocarbonyl (C=S) groups is 1. The molecule has 4 rings (SSSR count). The second kappa shape index (κ2) is 14.5. The molecule has 12 heteroatoms. The lowest BCUT2D eigenvalue weighted by Gasteiger charge is -2.35. The van der Waals surface area contributed by atoms with E-state index in [1.54, 1.807) is 49.5 Å². The molecule has 0 bridgehead atoms. The van der Waals surface area contributed by atoms with Crippen molar-refractivity contribution in [3.05, 3.63) is 113 Å². The van der Waals surface area contributed by atoms with Gasteiger partial charge >= 0.3 is 6.18 Å². The standard InChI is InChI=1S/C34H36F3N7OS/c1-33(2,41-31(45)17-29-19-39-23-44(29)20-25-11-9-24(18-38)10-12-25)22-43(21-26-7-5-6-8-30(26)34(35,36)37)32(46)40-27-13-15-28(16-14-27)42(3)4/h5-16,19,23H,17,20-22H2,1-4H3,(H,40,46)(H,41,45). The first-order chi connectivity index (χ1) is 21.7. The molecular weight excluding hydrogens is 611 g/mol. The van der Waals surface area contributed by atoms with Crippen LogP contribution in [0.15, 0.2) is 85.3 Å². The van der Waals surface area contributed by atoms with Crippen molar-refractivity contribution in [3.63, 3.8) is 0 Å². The maximum Gasteiger partial charge on any atom is 0.416 e. The van der Waals surface area contributed by atoms with Crippen LogP contribution >= 0.6 is 12.2 Å². The molecule has 1 aromatic heterocycles. The van der Waals surface area contributed by atoms with Gasteiger partial charge in [0.2, 0.25) is 5.91 Å². The normalized spacial score (nSPS) is 11.4. The highest BCUT2D eigenvalue weighted by atomic mass is 32.1. The Bertz CT molecular complexity index is 1690. The quantitative estimate of drug-likeness (QED) is 0.187. The Kier molecular flexibility index (Phi) is 10.7. The molecule has 1 heterocycles. The fourth-order valence-corrected chi connectivity index (χ4v) is 5.25. The highest BCUT2D eigenvalue weighted by Crippen LogP contribution is 2.32. The van der Waals surface area contributed by atoms with Crippen LogP contribution in [-0.4, -0.2) is 51.6 Å². The van der Waals surface area contributed by atoms with Crippen LogP contribution in [-0.2, 0) is 30.5 Å². The number of halogens is 3. The van der Waals surface area contributed by atoms with Gasteiger partial charge in [-0.15, -0.1) is 0 Å². The van der Waals surface area contributed by atoms with Crippen LogP contribution in [0.5, 0.6) is 0 Å². The summed E-state index contributed by atoms with van der Waals surface area (Å²) in [4.78, 5) is 21.1. The van der Waals surface area contributed by atoms with Gasteiger partial charge < -0.3 is 25.0 Å². The van der Waals surface area contributed by atoms with E-state index in [-0.39, 0.29) is 36.1 Å². The van der Waals surface area contributed by atoms with Crippen LogP contribution in [0.2, 0.25) is 0 Å². The van der Waals surface area contributed by atoms with Gasteiger partial charge in [-0.05, 0) is 79.7 Å². The third-order valence-electron chi connectivity index (χ3n) is 7.25. The topological polar surface area (TPSA) is 89.2 Å². The Labute approximate surface area is 272 Å². The number of rotatable bonds is 11. The van der Waals surface area contributed by atoms with E-state index in [1.165, 1.54) is 12.1 Å². The zero-order valence-electron chi connectivity index (χ0n) is 26.1. The summed E-state index contributed by atoms with van der Waals surface area (Å²) in [6, 6.07) is 22.2. The average molecular weight is 648 g/mol. The van der Waals surface area contributed by atoms with E-state index in [0.717, 1.165) is 17.3 Å². The summed E-state index contributed by atoms with van der Waals surface area (Å²) < 4.78 is 43.5. The van der Waals surface area contributed by atoms with Gasteiger partial charge in [-0.2, -0.15) is 18.4 Å². The van der Waals surface area contributed by atoms with Gasteiger partial charge in [-0.1, -0.05) is 30.3 Å². The van der Waals surface area contributed by atoms with E-state index in [2.05, 4.69) is 21.7 Å². The van der Waals surface area contributed by atoms with Crippen molar-refractivity contribution in [2.45, 2.75) is 45.1 Å². The molecule has 3 aromatic carbocycles. The molecule has 0 aliphatic carbocycles. The van der Waals surface area contributed by atoms with Gasteiger partial charge in [0.05, 0.1) is 35.5 Å². The SMILES string of the molecule is CN(C)c1ccc(NC(=S)N(Cc2ccccc2C(F)(F)F)CC(C)(C)NC(=O)Cc2cncn2Cc2ccc(C#N)cc2)cc1. The predicted molar refractivity (Wildman–Crippen MR) is 177 cm³/mol. The summed E-state index contributed by atoms with van der Waals surface area (Å²) >= 11 is 5.73. The molecule has 0 aliphatic heterocycles. The Morgan fingerprint density at radius 1 is 1.02 bits per heavy atom. The van der Waals surface area contributed by atoms with E-state index in [9.17, 15) is 18.0 Å². The second-order valence-electron chi connectivity index (χ2n) is 11.8. The first-order valence-corrected chi connectivity index (χ1v) is 14.9. The second-order valence-corrected chi connectivity index (χ2v) is 12.2. The Morgan fingerprint density at radius 2 is 1.70 bits per heavy atom. The third kappa shape index (κ3) is 9.31. The highest BCUT2D eigenvalue weighted by molar-refractivity contribution is 7.80. The number of alkyl halides is 3. The molecule has 0 aliphatic rings. The smallest absolute Gasteiger partial charge is 0.378 e. The lowest BCUT2D eigenvalue weighted by Crippen LogP contribution is -2.53. The lowest BCUT2D eigenvalue weighted by atomic mass is 10.0. The molecule has 0 saturated heterocycles. The number of amides is 1. The number of benzene rings is 3. The predicted octanol–water partition coefficient (Wildman–Crippen LogP) is 6.22. The van der Waals surface area contributed by atoms with Crippen LogP contribution < -0.4 is 15.5 Å². The molecule has 0 saturated carbocycles. The molecule has 0 fully saturated rings. The highest BCUT2D eigenvalue weighted by Gasteiger charge is 2.34.